The molecule has 4 unspecified atom stereocenters. The van der Waals surface area contributed by atoms with Crippen molar-refractivity contribution in [2.75, 3.05) is 19.8 Å². The minimum atomic E-state index is -0.993. The number of carbonyl (C=O) groups excluding carboxylic acids is 6. The summed E-state index contributed by atoms with van der Waals surface area (Å²) in [4.78, 5) is 70.6. The number of rotatable bonds is 12. The Labute approximate surface area is 402 Å². The molecule has 0 saturated heterocycles. The molecule has 0 aromatic carbocycles. The van der Waals surface area contributed by atoms with Gasteiger partial charge in [0.05, 0.1) is 11.2 Å². The molecule has 12 bridgehead atoms. The van der Waals surface area contributed by atoms with Crippen molar-refractivity contribution in [1.29, 1.82) is 0 Å². The first kappa shape index (κ1) is 51.8. The summed E-state index contributed by atoms with van der Waals surface area (Å²) in [5.41, 5.74) is -1.66. The molecule has 0 radical (unpaired) electrons. The highest BCUT2D eigenvalue weighted by molar-refractivity contribution is 5.89. The van der Waals surface area contributed by atoms with Crippen LogP contribution in [0.25, 0.3) is 0 Å². The lowest BCUT2D eigenvalue weighted by molar-refractivity contribution is -0.282. The Balaban J connectivity index is 0.000000151. The summed E-state index contributed by atoms with van der Waals surface area (Å²) in [7, 11) is 0. The van der Waals surface area contributed by atoms with Gasteiger partial charge in [0.15, 0.2) is 19.8 Å². The van der Waals surface area contributed by atoms with Gasteiger partial charge in [0.2, 0.25) is 0 Å². The largest absolute Gasteiger partial charge is 0.457 e. The summed E-state index contributed by atoms with van der Waals surface area (Å²) in [5.74, 6) is -2.58. The average molecular weight is 951 g/mol. The SMILES string of the molecule is C=C(C)C(=O)OCC(=O)OC12CC3(C)CC(C)(CC(C)(C3)C1)C2.C=C(C)C(=O)OCC(=O)OC12CC3(C)CC(O)(CC(O)(C3)C1)C2.C=C(C)C(=O)OCC(=O)OC12CC3CC(C)(CC(C)(C3)C1)C2. The Bertz CT molecular complexity index is 1940. The zero-order valence-electron chi connectivity index (χ0n) is 42.3. The van der Waals surface area contributed by atoms with Gasteiger partial charge in [-0.15, -0.1) is 0 Å². The minimum absolute atomic E-state index is 0.212. The van der Waals surface area contributed by atoms with Gasteiger partial charge in [0.25, 0.3) is 0 Å². The van der Waals surface area contributed by atoms with E-state index in [1.807, 2.05) is 6.92 Å². The first-order chi connectivity index (χ1) is 31.1. The maximum atomic E-state index is 12.2. The summed E-state index contributed by atoms with van der Waals surface area (Å²) in [5, 5.41) is 21.5. The minimum Gasteiger partial charge on any atom is -0.457 e. The summed E-state index contributed by atoms with van der Waals surface area (Å²) in [6.07, 6.45) is 15.9. The van der Waals surface area contributed by atoms with Crippen LogP contribution in [0.1, 0.15) is 178 Å². The topological polar surface area (TPSA) is 198 Å². The van der Waals surface area contributed by atoms with Gasteiger partial charge in [0, 0.05) is 36.0 Å². The van der Waals surface area contributed by atoms with Crippen molar-refractivity contribution in [3.63, 3.8) is 0 Å². The van der Waals surface area contributed by atoms with Crippen molar-refractivity contribution in [1.82, 2.24) is 0 Å². The lowest BCUT2D eigenvalue weighted by atomic mass is 9.39. The van der Waals surface area contributed by atoms with Gasteiger partial charge in [-0.3, -0.25) is 0 Å². The third-order valence-electron chi connectivity index (χ3n) is 16.6. The molecule has 0 aromatic heterocycles. The van der Waals surface area contributed by atoms with Crippen molar-refractivity contribution in [3.8, 4) is 0 Å². The second-order valence-corrected chi connectivity index (χ2v) is 26.5. The Morgan fingerprint density at radius 2 is 0.676 bits per heavy atom. The van der Waals surface area contributed by atoms with Crippen LogP contribution in [0.4, 0.5) is 0 Å². The quantitative estimate of drug-likeness (QED) is 0.107. The summed E-state index contributed by atoms with van der Waals surface area (Å²) in [6.45, 7) is 27.7. The van der Waals surface area contributed by atoms with E-state index in [-0.39, 0.29) is 51.6 Å². The fourth-order valence-corrected chi connectivity index (χ4v) is 18.3. The summed E-state index contributed by atoms with van der Waals surface area (Å²) >= 11 is 0. The Hall–Kier alpha value is -4.04. The summed E-state index contributed by atoms with van der Waals surface area (Å²) in [6, 6.07) is 0. The van der Waals surface area contributed by atoms with E-state index < -0.39 is 59.2 Å². The molecule has 14 nitrogen and oxygen atoms in total. The molecule has 0 spiro atoms. The zero-order chi connectivity index (χ0) is 50.4. The third kappa shape index (κ3) is 11.3. The number of aliphatic hydroxyl groups is 2. The van der Waals surface area contributed by atoms with Crippen molar-refractivity contribution < 1.29 is 67.4 Å². The van der Waals surface area contributed by atoms with E-state index >= 15 is 0 Å². The van der Waals surface area contributed by atoms with Crippen molar-refractivity contribution in [2.45, 2.75) is 206 Å². The molecule has 4 atom stereocenters. The molecule has 12 rings (SSSR count). The molecule has 12 aliphatic rings. The lowest BCUT2D eigenvalue weighted by Gasteiger charge is -2.68. The van der Waals surface area contributed by atoms with Crippen LogP contribution in [0.2, 0.25) is 0 Å². The fourth-order valence-electron chi connectivity index (χ4n) is 18.3. The molecule has 12 aliphatic carbocycles. The van der Waals surface area contributed by atoms with Crippen LogP contribution in [0.3, 0.4) is 0 Å². The Morgan fingerprint density at radius 3 is 0.985 bits per heavy atom. The highest BCUT2D eigenvalue weighted by atomic mass is 16.6. The van der Waals surface area contributed by atoms with Crippen LogP contribution >= 0.6 is 0 Å². The van der Waals surface area contributed by atoms with Crippen molar-refractivity contribution in [3.05, 3.63) is 36.5 Å². The van der Waals surface area contributed by atoms with E-state index in [4.69, 9.17) is 28.4 Å². The number of esters is 6. The molecule has 12 saturated carbocycles. The number of hydrogen-bond donors (Lipinski definition) is 2. The molecular weight excluding hydrogens is 873 g/mol. The number of carbonyl (C=O) groups is 6. The monoisotopic (exact) mass is 951 g/mol. The van der Waals surface area contributed by atoms with Crippen molar-refractivity contribution >= 4 is 35.8 Å². The molecule has 12 fully saturated rings. The lowest BCUT2D eigenvalue weighted by Crippen LogP contribution is -2.69. The third-order valence-corrected chi connectivity index (χ3v) is 16.6. The average Bonchev–Trinajstić information content (AvgIpc) is 3.09. The maximum absolute atomic E-state index is 12.2. The smallest absolute Gasteiger partial charge is 0.344 e. The predicted molar refractivity (Wildman–Crippen MR) is 249 cm³/mol. The second kappa shape index (κ2) is 17.1. The van der Waals surface area contributed by atoms with E-state index in [0.717, 1.165) is 38.5 Å². The van der Waals surface area contributed by atoms with E-state index in [1.54, 1.807) is 13.8 Å². The van der Waals surface area contributed by atoms with Crippen LogP contribution in [-0.4, -0.2) is 93.9 Å². The maximum Gasteiger partial charge on any atom is 0.344 e. The second-order valence-electron chi connectivity index (χ2n) is 26.5. The van der Waals surface area contributed by atoms with Crippen LogP contribution in [0, 0.1) is 38.4 Å². The molecule has 0 aliphatic heterocycles. The number of ether oxygens (including phenoxy) is 6. The normalized spacial score (nSPS) is 43.4. The highest BCUT2D eigenvalue weighted by Crippen LogP contribution is 2.72. The highest BCUT2D eigenvalue weighted by Gasteiger charge is 2.69. The fraction of sp³-hybridized carbons (Fsp3) is 0.778. The molecule has 14 heteroatoms. The van der Waals surface area contributed by atoms with Gasteiger partial charge < -0.3 is 38.6 Å². The first-order valence-corrected chi connectivity index (χ1v) is 24.6. The molecule has 68 heavy (non-hydrogen) atoms. The van der Waals surface area contributed by atoms with E-state index in [2.05, 4.69) is 54.4 Å². The van der Waals surface area contributed by atoms with Crippen LogP contribution in [-0.2, 0) is 57.2 Å². The van der Waals surface area contributed by atoms with Gasteiger partial charge in [0.1, 0.15) is 16.8 Å². The van der Waals surface area contributed by atoms with Gasteiger partial charge in [-0.1, -0.05) is 61.3 Å². The van der Waals surface area contributed by atoms with Crippen molar-refractivity contribution in [2.24, 2.45) is 38.4 Å². The van der Waals surface area contributed by atoms with Gasteiger partial charge in [-0.05, 0) is 155 Å². The predicted octanol–water partition coefficient (Wildman–Crippen LogP) is 8.42. The van der Waals surface area contributed by atoms with Crippen LogP contribution in [0.15, 0.2) is 36.5 Å². The van der Waals surface area contributed by atoms with Gasteiger partial charge in [-0.25, -0.2) is 28.8 Å². The molecule has 378 valence electrons. The first-order valence-electron chi connectivity index (χ1n) is 24.6. The summed E-state index contributed by atoms with van der Waals surface area (Å²) < 4.78 is 32.1. The standard InChI is InChI=1S/C19H28O4.C18H26O4.C17H24O6/c1-13(2)15(21)22-6-14(20)23-19-10-16(3)7-17(4,11-19)9-18(5,8-16)12-19;1-12(2)15(20)21-8-14(19)22-18-7-13-5-16(3,10-18)9-17(4,6-13)11-18;1-11(2)13(19)22-4-12(18)23-17-7-14(3)5-15(20,9-17)8-16(21,6-14)10-17/h1,6-12H2,2-5H3;13H,1,5-11H2,2-4H3;20-21H,1,4-10H2,2-3H3. The van der Waals surface area contributed by atoms with E-state index in [9.17, 15) is 39.0 Å². The molecular formula is C54H78O14. The van der Waals surface area contributed by atoms with Gasteiger partial charge >= 0.3 is 35.8 Å². The Kier molecular flexibility index (Phi) is 13.0. The molecule has 2 N–H and O–H groups in total. The Morgan fingerprint density at radius 1 is 0.397 bits per heavy atom. The van der Waals surface area contributed by atoms with Crippen LogP contribution < -0.4 is 0 Å². The molecule has 0 amide bonds. The van der Waals surface area contributed by atoms with E-state index in [1.165, 1.54) is 45.4 Å². The molecule has 0 heterocycles. The van der Waals surface area contributed by atoms with E-state index in [0.29, 0.717) is 66.4 Å². The van der Waals surface area contributed by atoms with Gasteiger partial charge in [-0.2, -0.15) is 0 Å². The van der Waals surface area contributed by atoms with Crippen LogP contribution in [0.5, 0.6) is 0 Å². The zero-order valence-corrected chi connectivity index (χ0v) is 42.3. The molecule has 0 aromatic rings. The number of hydrogen-bond acceptors (Lipinski definition) is 14.